The summed E-state index contributed by atoms with van der Waals surface area (Å²) in [5.41, 5.74) is 4.81. The molecule has 5 nitrogen and oxygen atoms in total. The van der Waals surface area contributed by atoms with E-state index < -0.39 is 0 Å². The Morgan fingerprint density at radius 1 is 0.767 bits per heavy atom. The molecule has 0 atom stereocenters. The van der Waals surface area contributed by atoms with Gasteiger partial charge in [0.15, 0.2) is 0 Å². The van der Waals surface area contributed by atoms with Gasteiger partial charge in [0.25, 0.3) is 0 Å². The van der Waals surface area contributed by atoms with Gasteiger partial charge < -0.3 is 4.90 Å². The highest BCUT2D eigenvalue weighted by Gasteiger charge is 2.15. The van der Waals surface area contributed by atoms with E-state index in [-0.39, 0.29) is 5.69 Å². The standard InChI is InChI=1S/C25H24N4O/c1-19-10-9-11-20(2)23(19)29-18-26-24(27-25(29)30)28(16-21-12-5-3-6-13-21)17-22-14-7-4-8-15-22/h3-15,18H,16-17H2,1-2H3. The monoisotopic (exact) mass is 396 g/mol. The third kappa shape index (κ3) is 4.30. The van der Waals surface area contributed by atoms with Crippen molar-refractivity contribution in [2.75, 3.05) is 4.90 Å². The van der Waals surface area contributed by atoms with Crippen LogP contribution < -0.4 is 10.6 Å². The molecule has 0 amide bonds. The number of rotatable bonds is 6. The molecule has 1 aromatic heterocycles. The van der Waals surface area contributed by atoms with E-state index >= 15 is 0 Å². The van der Waals surface area contributed by atoms with Crippen molar-refractivity contribution < 1.29 is 0 Å². The highest BCUT2D eigenvalue weighted by atomic mass is 16.1. The number of para-hydroxylation sites is 1. The molecule has 0 spiro atoms. The first-order chi connectivity index (χ1) is 14.6. The molecule has 0 aliphatic heterocycles. The van der Waals surface area contributed by atoms with Crippen LogP contribution in [-0.4, -0.2) is 14.5 Å². The van der Waals surface area contributed by atoms with Crippen molar-refractivity contribution in [3.8, 4) is 5.69 Å². The summed E-state index contributed by atoms with van der Waals surface area (Å²) < 4.78 is 1.53. The van der Waals surface area contributed by atoms with Gasteiger partial charge in [0.1, 0.15) is 6.33 Å². The van der Waals surface area contributed by atoms with E-state index in [2.05, 4.69) is 34.2 Å². The van der Waals surface area contributed by atoms with Gasteiger partial charge >= 0.3 is 5.69 Å². The number of aromatic nitrogens is 3. The van der Waals surface area contributed by atoms with Gasteiger partial charge in [-0.2, -0.15) is 4.98 Å². The fourth-order valence-electron chi connectivity index (χ4n) is 3.62. The molecule has 5 heteroatoms. The van der Waals surface area contributed by atoms with E-state index in [1.165, 1.54) is 4.57 Å². The number of hydrogen-bond acceptors (Lipinski definition) is 4. The zero-order chi connectivity index (χ0) is 20.9. The van der Waals surface area contributed by atoms with Crippen molar-refractivity contribution in [1.29, 1.82) is 0 Å². The van der Waals surface area contributed by atoms with Crippen molar-refractivity contribution in [1.82, 2.24) is 14.5 Å². The molecule has 0 saturated heterocycles. The number of hydrogen-bond donors (Lipinski definition) is 0. The molecule has 0 fully saturated rings. The molecule has 0 saturated carbocycles. The van der Waals surface area contributed by atoms with Gasteiger partial charge in [-0.15, -0.1) is 0 Å². The average Bonchev–Trinajstić information content (AvgIpc) is 2.76. The largest absolute Gasteiger partial charge is 0.356 e. The molecule has 3 aromatic carbocycles. The summed E-state index contributed by atoms with van der Waals surface area (Å²) in [6.07, 6.45) is 1.59. The number of benzene rings is 3. The Bertz CT molecular complexity index is 1120. The maximum Gasteiger partial charge on any atom is 0.356 e. The van der Waals surface area contributed by atoms with Crippen molar-refractivity contribution in [3.05, 3.63) is 118 Å². The molecular formula is C25H24N4O. The summed E-state index contributed by atoms with van der Waals surface area (Å²) >= 11 is 0. The molecular weight excluding hydrogens is 372 g/mol. The maximum absolute atomic E-state index is 12.9. The van der Waals surface area contributed by atoms with Crippen molar-refractivity contribution >= 4 is 5.95 Å². The van der Waals surface area contributed by atoms with Crippen molar-refractivity contribution in [2.24, 2.45) is 0 Å². The molecule has 4 aromatic rings. The first-order valence-corrected chi connectivity index (χ1v) is 9.97. The molecule has 0 aliphatic rings. The predicted octanol–water partition coefficient (Wildman–Crippen LogP) is 4.45. The summed E-state index contributed by atoms with van der Waals surface area (Å²) in [4.78, 5) is 23.9. The highest BCUT2D eigenvalue weighted by molar-refractivity contribution is 5.47. The van der Waals surface area contributed by atoms with Crippen molar-refractivity contribution in [2.45, 2.75) is 26.9 Å². The first kappa shape index (κ1) is 19.6. The molecule has 1 heterocycles. The van der Waals surface area contributed by atoms with E-state index in [0.717, 1.165) is 27.9 Å². The van der Waals surface area contributed by atoms with Crippen LogP contribution >= 0.6 is 0 Å². The first-order valence-electron chi connectivity index (χ1n) is 9.97. The summed E-state index contributed by atoms with van der Waals surface area (Å²) in [5.74, 6) is 0.426. The van der Waals surface area contributed by atoms with E-state index in [1.54, 1.807) is 6.33 Å². The lowest BCUT2D eigenvalue weighted by Crippen LogP contribution is -2.30. The van der Waals surface area contributed by atoms with E-state index in [0.29, 0.717) is 19.0 Å². The van der Waals surface area contributed by atoms with Crippen LogP contribution in [0.15, 0.2) is 90.0 Å². The normalized spacial score (nSPS) is 10.7. The highest BCUT2D eigenvalue weighted by Crippen LogP contribution is 2.18. The lowest BCUT2D eigenvalue weighted by molar-refractivity contribution is 0.733. The molecule has 0 aliphatic carbocycles. The van der Waals surface area contributed by atoms with Crippen molar-refractivity contribution in [3.63, 3.8) is 0 Å². The molecule has 0 bridgehead atoms. The Balaban J connectivity index is 1.71. The Hall–Kier alpha value is -3.73. The summed E-state index contributed by atoms with van der Waals surface area (Å²) in [6.45, 7) is 5.20. The average molecular weight is 396 g/mol. The minimum absolute atomic E-state index is 0.330. The van der Waals surface area contributed by atoms with Gasteiger partial charge in [0.2, 0.25) is 5.95 Å². The lowest BCUT2D eigenvalue weighted by Gasteiger charge is -2.23. The van der Waals surface area contributed by atoms with Crippen LogP contribution in [0.1, 0.15) is 22.3 Å². The number of nitrogens with zero attached hydrogens (tertiary/aromatic N) is 4. The molecule has 0 radical (unpaired) electrons. The van der Waals surface area contributed by atoms with Gasteiger partial charge in [-0.25, -0.2) is 9.78 Å². The second kappa shape index (κ2) is 8.74. The van der Waals surface area contributed by atoms with Crippen LogP contribution in [0, 0.1) is 13.8 Å². The summed E-state index contributed by atoms with van der Waals surface area (Å²) in [6, 6.07) is 26.2. The Labute approximate surface area is 176 Å². The Morgan fingerprint density at radius 3 is 1.80 bits per heavy atom. The molecule has 0 N–H and O–H groups in total. The Morgan fingerprint density at radius 2 is 1.30 bits per heavy atom. The minimum Gasteiger partial charge on any atom is -0.332 e. The van der Waals surface area contributed by atoms with Gasteiger partial charge in [-0.05, 0) is 36.1 Å². The Kier molecular flexibility index (Phi) is 5.70. The fraction of sp³-hybridized carbons (Fsp3) is 0.160. The van der Waals surface area contributed by atoms with E-state index in [9.17, 15) is 4.79 Å². The van der Waals surface area contributed by atoms with Crippen LogP contribution in [0.3, 0.4) is 0 Å². The van der Waals surface area contributed by atoms with Crippen LogP contribution in [-0.2, 0) is 13.1 Å². The fourth-order valence-corrected chi connectivity index (χ4v) is 3.62. The van der Waals surface area contributed by atoms with Crippen LogP contribution in [0.4, 0.5) is 5.95 Å². The predicted molar refractivity (Wildman–Crippen MR) is 120 cm³/mol. The molecule has 0 unspecified atom stereocenters. The minimum atomic E-state index is -0.330. The zero-order valence-corrected chi connectivity index (χ0v) is 17.2. The third-order valence-corrected chi connectivity index (χ3v) is 5.09. The lowest BCUT2D eigenvalue weighted by atomic mass is 10.1. The number of anilines is 1. The topological polar surface area (TPSA) is 51.0 Å². The van der Waals surface area contributed by atoms with Gasteiger partial charge in [-0.3, -0.25) is 4.57 Å². The van der Waals surface area contributed by atoms with E-state index in [1.807, 2.05) is 73.3 Å². The third-order valence-electron chi connectivity index (χ3n) is 5.09. The number of aryl methyl sites for hydroxylation is 2. The molecule has 30 heavy (non-hydrogen) atoms. The SMILES string of the molecule is Cc1cccc(C)c1-n1cnc(N(Cc2ccccc2)Cc2ccccc2)nc1=O. The van der Waals surface area contributed by atoms with Crippen LogP contribution in [0.5, 0.6) is 0 Å². The summed E-state index contributed by atoms with van der Waals surface area (Å²) in [7, 11) is 0. The molecule has 150 valence electrons. The van der Waals surface area contributed by atoms with Crippen LogP contribution in [0.25, 0.3) is 5.69 Å². The van der Waals surface area contributed by atoms with Crippen LogP contribution in [0.2, 0.25) is 0 Å². The zero-order valence-electron chi connectivity index (χ0n) is 17.2. The summed E-state index contributed by atoms with van der Waals surface area (Å²) in [5, 5.41) is 0. The smallest absolute Gasteiger partial charge is 0.332 e. The van der Waals surface area contributed by atoms with Gasteiger partial charge in [0, 0.05) is 13.1 Å². The quantitative estimate of drug-likeness (QED) is 0.483. The van der Waals surface area contributed by atoms with E-state index in [4.69, 9.17) is 0 Å². The molecule has 4 rings (SSSR count). The van der Waals surface area contributed by atoms with Gasteiger partial charge in [-0.1, -0.05) is 78.9 Å². The maximum atomic E-state index is 12.9. The van der Waals surface area contributed by atoms with Gasteiger partial charge in [0.05, 0.1) is 5.69 Å². The second-order valence-corrected chi connectivity index (χ2v) is 7.38. The second-order valence-electron chi connectivity index (χ2n) is 7.38.